The number of aromatic amines is 1. The van der Waals surface area contributed by atoms with Crippen molar-refractivity contribution in [3.63, 3.8) is 0 Å². The fraction of sp³-hybridized carbons (Fsp3) is 0.835. The van der Waals surface area contributed by atoms with Crippen LogP contribution < -0.4 is 5.73 Å². The molecular weight excluding hydrogens is 1450 g/mol. The van der Waals surface area contributed by atoms with Crippen LogP contribution in [0.4, 0.5) is 11.4 Å². The van der Waals surface area contributed by atoms with Gasteiger partial charge in [-0.25, -0.2) is 4.79 Å². The Balaban J connectivity index is -0.000000223. The van der Waals surface area contributed by atoms with E-state index >= 15 is 0 Å². The highest BCUT2D eigenvalue weighted by molar-refractivity contribution is 5.95. The smallest absolute Gasteiger partial charge is 0.354 e. The number of esters is 1. The Morgan fingerprint density at radius 1 is 0.461 bits per heavy atom. The molecular formula is C91H188N14O10. The molecule has 6 fully saturated rings. The van der Waals surface area contributed by atoms with E-state index in [-0.39, 0.29) is 35.2 Å². The van der Waals surface area contributed by atoms with Gasteiger partial charge in [0.05, 0.1) is 66.7 Å². The van der Waals surface area contributed by atoms with Crippen molar-refractivity contribution in [1.82, 2.24) is 53.3 Å². The van der Waals surface area contributed by atoms with Crippen molar-refractivity contribution >= 4 is 28.9 Å². The molecule has 0 radical (unpaired) electrons. The zero-order valence-corrected chi connectivity index (χ0v) is 80.1. The van der Waals surface area contributed by atoms with Crippen LogP contribution in [0.1, 0.15) is 323 Å². The fourth-order valence-corrected chi connectivity index (χ4v) is 11.2. The lowest BCUT2D eigenvalue weighted by atomic mass is 10.1. The highest BCUT2D eigenvalue weighted by atomic mass is 16.6. The van der Waals surface area contributed by atoms with E-state index in [0.717, 1.165) is 102 Å². The number of hydrogen-bond acceptors (Lipinski definition) is 19. The molecule has 6 aliphatic heterocycles. The van der Waals surface area contributed by atoms with Crippen LogP contribution in [-0.4, -0.2) is 279 Å². The number of ketones is 2. The van der Waals surface area contributed by atoms with Crippen LogP contribution >= 0.6 is 0 Å². The summed E-state index contributed by atoms with van der Waals surface area (Å²) in [4.78, 5) is 74.9. The van der Waals surface area contributed by atoms with Crippen molar-refractivity contribution in [3.05, 3.63) is 79.7 Å². The van der Waals surface area contributed by atoms with Gasteiger partial charge < -0.3 is 63.5 Å². The number of carbonyl (C=O) groups excluding carboxylic acids is 3. The number of hydrogen-bond donors (Lipinski definition) is 2. The highest BCUT2D eigenvalue weighted by Crippen LogP contribution is 2.17. The summed E-state index contributed by atoms with van der Waals surface area (Å²) in [5.74, 6) is -0.483. The minimum absolute atomic E-state index is 0.0531. The lowest BCUT2D eigenvalue weighted by molar-refractivity contribution is -0.384. The van der Waals surface area contributed by atoms with Crippen molar-refractivity contribution in [1.29, 1.82) is 0 Å². The third-order valence-corrected chi connectivity index (χ3v) is 17.3. The largest absolute Gasteiger partial charge is 0.461 e. The van der Waals surface area contributed by atoms with Gasteiger partial charge in [0.15, 0.2) is 11.6 Å². The first-order valence-electron chi connectivity index (χ1n) is 45.5. The molecule has 0 atom stereocenters. The molecule has 9 rings (SSSR count). The van der Waals surface area contributed by atoms with Gasteiger partial charge in [0.25, 0.3) is 11.4 Å². The Kier molecular flexibility index (Phi) is 99.5. The molecule has 0 saturated carbocycles. The first-order valence-corrected chi connectivity index (χ1v) is 45.5. The number of nitrogens with one attached hydrogen (secondary N) is 1. The molecule has 0 amide bonds. The molecule has 0 bridgehead atoms. The number of morpholine rings is 2. The second kappa shape index (κ2) is 92.9. The van der Waals surface area contributed by atoms with Crippen LogP contribution in [-0.2, 0) is 28.3 Å². The van der Waals surface area contributed by atoms with E-state index in [9.17, 15) is 34.6 Å². The Bertz CT molecular complexity index is 2410. The lowest BCUT2D eigenvalue weighted by Crippen LogP contribution is -2.35. The van der Waals surface area contributed by atoms with Crippen LogP contribution in [0.15, 0.2) is 36.8 Å². The SMILES string of the molecule is CC(=O)c1cc([N+](=O)[O-])cn1C.CCC.CCC.CCC.CCC.CCC.CCCC.CCCN(C)C.CCCN(C)C.CCN1CCCCC1.CCN1CCCCC1.CCN1CCOCC1.CCN1CCOCC1.CCOC(=O)c1cc([N+](=O)[O-])c[nH]1.Cc1cc(C(=O)CCCN2CCCCC2)n(C)c1.NCCN1CCCCC1. The maximum atomic E-state index is 12.1. The van der Waals surface area contributed by atoms with Crippen LogP contribution in [0, 0.1) is 27.2 Å². The molecule has 3 N–H and O–H groups in total. The van der Waals surface area contributed by atoms with Crippen molar-refractivity contribution in [3.8, 4) is 0 Å². The molecule has 6 aliphatic rings. The normalized spacial score (nSPS) is 15.2. The minimum Gasteiger partial charge on any atom is -0.461 e. The molecule has 0 aromatic carbocycles. The molecule has 3 aromatic heterocycles. The Morgan fingerprint density at radius 3 is 1.02 bits per heavy atom. The van der Waals surface area contributed by atoms with Crippen LogP contribution in [0.3, 0.4) is 0 Å². The van der Waals surface area contributed by atoms with E-state index in [4.69, 9.17) is 15.2 Å². The number of aromatic nitrogens is 3. The lowest BCUT2D eigenvalue weighted by Gasteiger charge is -2.26. The molecule has 0 spiro atoms. The Hall–Kier alpha value is -4.99. The number of likely N-dealkylation sites (tertiary alicyclic amines) is 4. The first-order chi connectivity index (χ1) is 55.0. The summed E-state index contributed by atoms with van der Waals surface area (Å²) >= 11 is 0. The number of likely N-dealkylation sites (N-methyl/N-ethyl adjacent to an activating group) is 2. The predicted molar refractivity (Wildman–Crippen MR) is 495 cm³/mol. The van der Waals surface area contributed by atoms with Gasteiger partial charge in [0.2, 0.25) is 0 Å². The van der Waals surface area contributed by atoms with Crippen LogP contribution in [0.2, 0.25) is 0 Å². The van der Waals surface area contributed by atoms with Crippen molar-refractivity contribution in [2.75, 3.05) is 199 Å². The van der Waals surface area contributed by atoms with E-state index in [1.807, 2.05) is 30.8 Å². The van der Waals surface area contributed by atoms with Gasteiger partial charge in [-0.05, 0) is 222 Å². The molecule has 24 heteroatoms. The molecule has 3 aromatic rings. The molecule has 9 heterocycles. The maximum Gasteiger partial charge on any atom is 0.354 e. The molecule has 24 nitrogen and oxygen atoms in total. The number of unbranched alkanes of at least 4 members (excludes halogenated alkanes) is 1. The quantitative estimate of drug-likeness (QED) is 0.0436. The molecule has 0 aliphatic carbocycles. The van der Waals surface area contributed by atoms with Gasteiger partial charge >= 0.3 is 5.97 Å². The summed E-state index contributed by atoms with van der Waals surface area (Å²) in [6.45, 7) is 72.9. The van der Waals surface area contributed by atoms with Gasteiger partial charge in [0.1, 0.15) is 5.69 Å². The Labute approximate surface area is 708 Å². The van der Waals surface area contributed by atoms with Gasteiger partial charge in [-0.1, -0.05) is 195 Å². The second-order valence-electron chi connectivity index (χ2n) is 30.1. The van der Waals surface area contributed by atoms with E-state index in [0.29, 0.717) is 12.1 Å². The summed E-state index contributed by atoms with van der Waals surface area (Å²) in [5, 5.41) is 20.5. The number of piperidine rings is 4. The zero-order valence-electron chi connectivity index (χ0n) is 80.1. The van der Waals surface area contributed by atoms with Crippen LogP contribution in [0.5, 0.6) is 0 Å². The van der Waals surface area contributed by atoms with Gasteiger partial charge in [-0.3, -0.25) is 39.6 Å². The zero-order chi connectivity index (χ0) is 88.8. The third-order valence-electron chi connectivity index (χ3n) is 17.3. The number of nitrogens with zero attached hydrogens (tertiary/aromatic N) is 12. The fourth-order valence-electron chi connectivity index (χ4n) is 11.2. The summed E-state index contributed by atoms with van der Waals surface area (Å²) in [5.41, 5.74) is 7.67. The monoisotopic (exact) mass is 1640 g/mol. The predicted octanol–water partition coefficient (Wildman–Crippen LogP) is 19.9. The summed E-state index contributed by atoms with van der Waals surface area (Å²) in [7, 11) is 11.9. The third kappa shape index (κ3) is 82.5. The number of carbonyl (C=O) groups is 3. The second-order valence-corrected chi connectivity index (χ2v) is 30.1. The summed E-state index contributed by atoms with van der Waals surface area (Å²) < 4.78 is 18.3. The van der Waals surface area contributed by atoms with Gasteiger partial charge in [-0.15, -0.1) is 0 Å². The van der Waals surface area contributed by atoms with E-state index in [1.165, 1.54) is 250 Å². The highest BCUT2D eigenvalue weighted by Gasteiger charge is 2.18. The van der Waals surface area contributed by atoms with E-state index in [2.05, 4.69) is 202 Å². The van der Waals surface area contributed by atoms with Gasteiger partial charge in [0, 0.05) is 85.0 Å². The number of nitrogens with two attached hydrogens (primary N) is 1. The average Bonchev–Trinajstić information content (AvgIpc) is 1.75. The number of H-pyrrole nitrogens is 1. The average molecular weight is 1640 g/mol. The Morgan fingerprint density at radius 2 is 0.791 bits per heavy atom. The first kappa shape index (κ1) is 123. The number of rotatable bonds is 21. The summed E-state index contributed by atoms with van der Waals surface area (Å²) in [6.07, 6.45) is 34.3. The van der Waals surface area contributed by atoms with Crippen molar-refractivity contribution < 1.29 is 38.4 Å². The standard InChI is InChI=1S/C15H24N2O.C7H8N2O4.C7H8N2O3.C7H16N2.2C7H15N.2C6H13NO.2C5H13N.C4H10.5C3H8/c1-13-11-14(16(2)12-13)15(18)7-6-10-17-8-4-3-5-9-17;1-2-13-7(10)6-3-5(4-8-6)9(11)12;1-5(10)7-3-6(9(11)12)4-8(7)2;8-4-7-9-5-2-1-3-6-9;2*1-2-8-6-4-3-5-7-8;2*1-2-7-3-5-8-6-4-7;2*1-4-5-6(2)3;1-3-4-2;5*1-3-2/h11-12H,3-10H2,1-2H3;3-4,8H,2H2,1H3;3-4H,1-2H3;1-8H2;2*2-7H2,1H3;2*2-6H2,1H3;2*4-5H2,1-3H3;3-4H2,1-2H3;5*3H2,1-2H3. The van der Waals surface area contributed by atoms with E-state index in [1.54, 1.807) is 14.0 Å². The van der Waals surface area contributed by atoms with Crippen LogP contribution in [0.25, 0.3) is 0 Å². The molecule has 0 unspecified atom stereocenters. The molecule has 115 heavy (non-hydrogen) atoms. The molecule has 6 saturated heterocycles. The molecule has 682 valence electrons. The minimum atomic E-state index is -0.587. The van der Waals surface area contributed by atoms with Gasteiger partial charge in [-0.2, -0.15) is 0 Å². The van der Waals surface area contributed by atoms with Crippen molar-refractivity contribution in [2.45, 2.75) is 293 Å². The topological polar surface area (TPSA) is 243 Å². The maximum absolute atomic E-state index is 12.1. The number of aryl methyl sites for hydroxylation is 3. The van der Waals surface area contributed by atoms with Crippen molar-refractivity contribution in [2.24, 2.45) is 19.8 Å². The number of Topliss-reactive ketones (excluding diaryl/α,β-unsaturated/α-hetero) is 2. The number of nitro groups is 2. The van der Waals surface area contributed by atoms with E-state index < -0.39 is 15.8 Å². The number of ether oxygens (including phenoxy) is 3. The summed E-state index contributed by atoms with van der Waals surface area (Å²) in [6, 6.07) is 4.39.